The van der Waals surface area contributed by atoms with Crippen molar-refractivity contribution in [2.45, 2.75) is 6.92 Å². The summed E-state index contributed by atoms with van der Waals surface area (Å²) in [5, 5.41) is 19.2. The number of aliphatic carboxylic acids is 1. The molecule has 5 nitrogen and oxygen atoms in total. The molecule has 6 heteroatoms. The second-order valence-corrected chi connectivity index (χ2v) is 4.40. The number of rotatable bonds is 6. The number of carboxylic acids is 1. The first-order chi connectivity index (χ1) is 8.60. The maximum Gasteiger partial charge on any atom is 0.328 e. The fourth-order valence-electron chi connectivity index (χ4n) is 1.45. The molecule has 1 heterocycles. The summed E-state index contributed by atoms with van der Waals surface area (Å²) in [6.45, 7) is 2.51. The molecule has 1 amide bonds. The average Bonchev–Trinajstić information content (AvgIpc) is 2.80. The highest BCUT2D eigenvalue weighted by Gasteiger charge is 2.17. The fourth-order valence-corrected chi connectivity index (χ4v) is 2.31. The molecule has 0 bridgehead atoms. The molecule has 0 aromatic carbocycles. The SMILES string of the molecule is CCN(CCO)C(=O)c1sccc1/C=C/C(=O)O. The van der Waals surface area contributed by atoms with Crippen LogP contribution in [-0.2, 0) is 4.79 Å². The lowest BCUT2D eigenvalue weighted by Gasteiger charge is -2.19. The first-order valence-electron chi connectivity index (χ1n) is 5.48. The van der Waals surface area contributed by atoms with Gasteiger partial charge in [-0.25, -0.2) is 4.79 Å². The minimum absolute atomic E-state index is 0.0920. The number of nitrogens with zero attached hydrogens (tertiary/aromatic N) is 1. The van der Waals surface area contributed by atoms with Gasteiger partial charge in [0.25, 0.3) is 5.91 Å². The van der Waals surface area contributed by atoms with Crippen molar-refractivity contribution in [3.63, 3.8) is 0 Å². The largest absolute Gasteiger partial charge is 0.478 e. The van der Waals surface area contributed by atoms with Gasteiger partial charge in [0.2, 0.25) is 0 Å². The monoisotopic (exact) mass is 269 g/mol. The van der Waals surface area contributed by atoms with Crippen LogP contribution in [-0.4, -0.2) is 46.7 Å². The zero-order valence-corrected chi connectivity index (χ0v) is 10.8. The van der Waals surface area contributed by atoms with Crippen molar-refractivity contribution >= 4 is 29.3 Å². The van der Waals surface area contributed by atoms with E-state index in [0.717, 1.165) is 6.08 Å². The Hall–Kier alpha value is -1.66. The van der Waals surface area contributed by atoms with Crippen LogP contribution in [0.3, 0.4) is 0 Å². The summed E-state index contributed by atoms with van der Waals surface area (Å²) in [6.07, 6.45) is 2.40. The minimum atomic E-state index is -1.05. The molecule has 0 radical (unpaired) electrons. The molecule has 1 aromatic heterocycles. The van der Waals surface area contributed by atoms with E-state index in [1.165, 1.54) is 22.3 Å². The summed E-state index contributed by atoms with van der Waals surface area (Å²) in [7, 11) is 0. The zero-order chi connectivity index (χ0) is 13.5. The van der Waals surface area contributed by atoms with Crippen molar-refractivity contribution in [2.75, 3.05) is 19.7 Å². The molecule has 0 saturated carbocycles. The Labute approximate surface area is 109 Å². The van der Waals surface area contributed by atoms with E-state index in [1.54, 1.807) is 11.4 Å². The van der Waals surface area contributed by atoms with E-state index in [2.05, 4.69) is 0 Å². The number of likely N-dealkylation sites (N-methyl/N-ethyl adjacent to an activating group) is 1. The van der Waals surface area contributed by atoms with E-state index in [9.17, 15) is 9.59 Å². The third-order valence-corrected chi connectivity index (χ3v) is 3.25. The number of aliphatic hydroxyl groups is 1. The Morgan fingerprint density at radius 3 is 2.78 bits per heavy atom. The first-order valence-corrected chi connectivity index (χ1v) is 6.36. The zero-order valence-electron chi connectivity index (χ0n) is 10.00. The van der Waals surface area contributed by atoms with Gasteiger partial charge in [-0.15, -0.1) is 11.3 Å². The third-order valence-electron chi connectivity index (χ3n) is 2.33. The number of carboxylic acid groups (broad SMARTS) is 1. The number of hydrogen-bond acceptors (Lipinski definition) is 4. The molecule has 2 N–H and O–H groups in total. The summed E-state index contributed by atoms with van der Waals surface area (Å²) < 4.78 is 0. The molecule has 0 saturated heterocycles. The van der Waals surface area contributed by atoms with Crippen LogP contribution in [0.1, 0.15) is 22.2 Å². The molecule has 0 atom stereocenters. The van der Waals surface area contributed by atoms with Gasteiger partial charge >= 0.3 is 5.97 Å². The van der Waals surface area contributed by atoms with Crippen LogP contribution in [0.15, 0.2) is 17.5 Å². The van der Waals surface area contributed by atoms with Crippen LogP contribution >= 0.6 is 11.3 Å². The highest BCUT2D eigenvalue weighted by molar-refractivity contribution is 7.12. The van der Waals surface area contributed by atoms with Crippen molar-refractivity contribution in [3.8, 4) is 0 Å². The van der Waals surface area contributed by atoms with Gasteiger partial charge in [0.15, 0.2) is 0 Å². The highest BCUT2D eigenvalue weighted by Crippen LogP contribution is 2.20. The van der Waals surface area contributed by atoms with E-state index in [1.807, 2.05) is 6.92 Å². The molecule has 1 rings (SSSR count). The molecule has 0 spiro atoms. The number of thiophene rings is 1. The number of carbonyl (C=O) groups is 2. The van der Waals surface area contributed by atoms with Gasteiger partial charge in [-0.05, 0) is 30.0 Å². The Kier molecular flexibility index (Phi) is 5.54. The van der Waals surface area contributed by atoms with Gasteiger partial charge in [-0.3, -0.25) is 4.79 Å². The van der Waals surface area contributed by atoms with Crippen molar-refractivity contribution in [1.29, 1.82) is 0 Å². The van der Waals surface area contributed by atoms with Crippen LogP contribution in [0.5, 0.6) is 0 Å². The van der Waals surface area contributed by atoms with Gasteiger partial charge in [0, 0.05) is 19.2 Å². The van der Waals surface area contributed by atoms with Gasteiger partial charge in [0.1, 0.15) is 0 Å². The fraction of sp³-hybridized carbons (Fsp3) is 0.333. The van der Waals surface area contributed by atoms with E-state index in [-0.39, 0.29) is 19.1 Å². The summed E-state index contributed by atoms with van der Waals surface area (Å²) in [4.78, 5) is 24.6. The Morgan fingerprint density at radius 2 is 2.22 bits per heavy atom. The molecular weight excluding hydrogens is 254 g/mol. The van der Waals surface area contributed by atoms with Crippen LogP contribution in [0.2, 0.25) is 0 Å². The van der Waals surface area contributed by atoms with Crippen molar-refractivity contribution in [3.05, 3.63) is 28.0 Å². The lowest BCUT2D eigenvalue weighted by molar-refractivity contribution is -0.131. The topological polar surface area (TPSA) is 77.8 Å². The van der Waals surface area contributed by atoms with Crippen LogP contribution < -0.4 is 0 Å². The predicted octanol–water partition coefficient (Wildman–Crippen LogP) is 1.30. The van der Waals surface area contributed by atoms with Crippen LogP contribution in [0.25, 0.3) is 6.08 Å². The van der Waals surface area contributed by atoms with Gasteiger partial charge in [-0.1, -0.05) is 0 Å². The molecule has 98 valence electrons. The number of aliphatic hydroxyl groups excluding tert-OH is 1. The lowest BCUT2D eigenvalue weighted by Crippen LogP contribution is -2.33. The van der Waals surface area contributed by atoms with Gasteiger partial charge in [0.05, 0.1) is 11.5 Å². The molecule has 0 fully saturated rings. The third kappa shape index (κ3) is 3.68. The second kappa shape index (κ2) is 6.93. The maximum atomic E-state index is 12.1. The molecule has 0 aliphatic rings. The van der Waals surface area contributed by atoms with Crippen molar-refractivity contribution < 1.29 is 19.8 Å². The van der Waals surface area contributed by atoms with E-state index >= 15 is 0 Å². The number of amides is 1. The molecule has 0 unspecified atom stereocenters. The number of hydrogen-bond donors (Lipinski definition) is 2. The molecule has 0 aliphatic carbocycles. The first kappa shape index (κ1) is 14.4. The summed E-state index contributed by atoms with van der Waals surface area (Å²) >= 11 is 1.26. The van der Waals surface area contributed by atoms with Crippen LogP contribution in [0.4, 0.5) is 0 Å². The van der Waals surface area contributed by atoms with E-state index < -0.39 is 5.97 Å². The van der Waals surface area contributed by atoms with E-state index in [4.69, 9.17) is 10.2 Å². The molecule has 18 heavy (non-hydrogen) atoms. The smallest absolute Gasteiger partial charge is 0.328 e. The Balaban J connectivity index is 2.92. The Morgan fingerprint density at radius 1 is 1.50 bits per heavy atom. The normalized spacial score (nSPS) is 10.8. The van der Waals surface area contributed by atoms with Crippen molar-refractivity contribution in [1.82, 2.24) is 4.90 Å². The summed E-state index contributed by atoms with van der Waals surface area (Å²) in [5.41, 5.74) is 0.587. The minimum Gasteiger partial charge on any atom is -0.478 e. The molecule has 1 aromatic rings. The van der Waals surface area contributed by atoms with E-state index in [0.29, 0.717) is 17.0 Å². The Bertz CT molecular complexity index is 453. The van der Waals surface area contributed by atoms with Gasteiger partial charge in [-0.2, -0.15) is 0 Å². The quantitative estimate of drug-likeness (QED) is 0.763. The predicted molar refractivity (Wildman–Crippen MR) is 69.7 cm³/mol. The summed E-state index contributed by atoms with van der Waals surface area (Å²) in [6, 6.07) is 1.70. The molecular formula is C12H15NO4S. The average molecular weight is 269 g/mol. The van der Waals surface area contributed by atoms with Crippen molar-refractivity contribution in [2.24, 2.45) is 0 Å². The highest BCUT2D eigenvalue weighted by atomic mass is 32.1. The standard InChI is InChI=1S/C12H15NO4S/c1-2-13(6-7-14)12(17)11-9(5-8-18-11)3-4-10(15)16/h3-5,8,14H,2,6-7H2,1H3,(H,15,16)/b4-3+. The number of carbonyl (C=O) groups excluding carboxylic acids is 1. The maximum absolute atomic E-state index is 12.1. The second-order valence-electron chi connectivity index (χ2n) is 3.49. The molecule has 0 aliphatic heterocycles. The van der Waals surface area contributed by atoms with Crippen LogP contribution in [0, 0.1) is 0 Å². The van der Waals surface area contributed by atoms with Gasteiger partial charge < -0.3 is 15.1 Å². The lowest BCUT2D eigenvalue weighted by atomic mass is 10.2. The summed E-state index contributed by atoms with van der Waals surface area (Å²) in [5.74, 6) is -1.24.